The lowest BCUT2D eigenvalue weighted by atomic mass is 10.2. The van der Waals surface area contributed by atoms with Gasteiger partial charge in [-0.2, -0.15) is 0 Å². The fourth-order valence-electron chi connectivity index (χ4n) is 1.14. The van der Waals surface area contributed by atoms with Gasteiger partial charge in [-0.1, -0.05) is 11.6 Å². The van der Waals surface area contributed by atoms with Crippen LogP contribution in [-0.4, -0.2) is 5.78 Å². The van der Waals surface area contributed by atoms with Gasteiger partial charge in [0.15, 0.2) is 5.76 Å². The molecule has 0 atom stereocenters. The molecule has 0 aromatic carbocycles. The first-order chi connectivity index (χ1) is 7.08. The lowest BCUT2D eigenvalue weighted by Gasteiger charge is -1.90. The molecule has 0 saturated carbocycles. The zero-order chi connectivity index (χ0) is 11.0. The van der Waals surface area contributed by atoms with Crippen molar-refractivity contribution in [3.05, 3.63) is 43.4 Å². The molecule has 0 radical (unpaired) electrons. The fraction of sp³-hybridized carbons (Fsp3) is 0.100. The van der Waals surface area contributed by atoms with E-state index in [4.69, 9.17) is 16.0 Å². The monoisotopic (exact) mass is 304 g/mol. The Morgan fingerprint density at radius 1 is 1.53 bits per heavy atom. The van der Waals surface area contributed by atoms with E-state index in [1.807, 2.05) is 0 Å². The van der Waals surface area contributed by atoms with E-state index in [-0.39, 0.29) is 5.78 Å². The third-order valence-corrected chi connectivity index (χ3v) is 4.31. The number of rotatable bonds is 2. The Balaban J connectivity index is 2.36. The van der Waals surface area contributed by atoms with Crippen molar-refractivity contribution in [1.29, 1.82) is 0 Å². The minimum atomic E-state index is -0.138. The number of hydrogen-bond acceptors (Lipinski definition) is 3. The molecule has 2 aromatic heterocycles. The van der Waals surface area contributed by atoms with Crippen LogP contribution in [0.5, 0.6) is 0 Å². The first kappa shape index (κ1) is 10.9. The highest BCUT2D eigenvalue weighted by Gasteiger charge is 2.16. The van der Waals surface area contributed by atoms with Crippen LogP contribution in [0, 0.1) is 6.92 Å². The molecule has 2 heterocycles. The SMILES string of the molecule is Cc1ccc(C(=O)c2cc(Cl)c(Br)s2)o1. The number of ketones is 1. The first-order valence-electron chi connectivity index (χ1n) is 4.14. The summed E-state index contributed by atoms with van der Waals surface area (Å²) in [5.41, 5.74) is 0. The smallest absolute Gasteiger partial charge is 0.238 e. The van der Waals surface area contributed by atoms with Gasteiger partial charge < -0.3 is 4.42 Å². The first-order valence-corrected chi connectivity index (χ1v) is 6.12. The lowest BCUT2D eigenvalue weighted by Crippen LogP contribution is -1.95. The zero-order valence-electron chi connectivity index (χ0n) is 7.71. The molecule has 78 valence electrons. The number of thiophene rings is 1. The maximum absolute atomic E-state index is 11.9. The summed E-state index contributed by atoms with van der Waals surface area (Å²) < 4.78 is 6.01. The van der Waals surface area contributed by atoms with Crippen LogP contribution in [0.1, 0.15) is 21.2 Å². The Kier molecular flexibility index (Phi) is 3.00. The summed E-state index contributed by atoms with van der Waals surface area (Å²) in [4.78, 5) is 12.4. The number of furan rings is 1. The van der Waals surface area contributed by atoms with Crippen molar-refractivity contribution in [1.82, 2.24) is 0 Å². The summed E-state index contributed by atoms with van der Waals surface area (Å²) >= 11 is 10.4. The Labute approximate surface area is 104 Å². The zero-order valence-corrected chi connectivity index (χ0v) is 10.9. The fourth-order valence-corrected chi connectivity index (χ4v) is 2.78. The summed E-state index contributed by atoms with van der Waals surface area (Å²) in [6, 6.07) is 5.06. The largest absolute Gasteiger partial charge is 0.458 e. The number of aryl methyl sites for hydroxylation is 1. The predicted octanol–water partition coefficient (Wildman–Crippen LogP) is 4.30. The van der Waals surface area contributed by atoms with Crippen LogP contribution in [0.25, 0.3) is 0 Å². The summed E-state index contributed by atoms with van der Waals surface area (Å²) in [6.07, 6.45) is 0. The van der Waals surface area contributed by atoms with Crippen molar-refractivity contribution in [3.63, 3.8) is 0 Å². The Bertz CT molecular complexity index is 496. The molecule has 2 aromatic rings. The molecule has 0 aliphatic heterocycles. The quantitative estimate of drug-likeness (QED) is 0.775. The van der Waals surface area contributed by atoms with E-state index in [9.17, 15) is 4.79 Å². The van der Waals surface area contributed by atoms with Crippen LogP contribution in [0.4, 0.5) is 0 Å². The van der Waals surface area contributed by atoms with E-state index in [0.29, 0.717) is 15.7 Å². The van der Waals surface area contributed by atoms with Crippen molar-refractivity contribution in [2.45, 2.75) is 6.92 Å². The van der Waals surface area contributed by atoms with Gasteiger partial charge in [-0.15, -0.1) is 11.3 Å². The maximum Gasteiger partial charge on any atom is 0.238 e. The molecule has 5 heteroatoms. The molecular formula is C10H6BrClO2S. The van der Waals surface area contributed by atoms with Gasteiger partial charge in [0.05, 0.1) is 13.7 Å². The van der Waals surface area contributed by atoms with E-state index < -0.39 is 0 Å². The standard InChI is InChI=1S/C10H6BrClO2S/c1-5-2-3-7(14-5)9(13)8-4-6(12)10(11)15-8/h2-4H,1H3. The van der Waals surface area contributed by atoms with E-state index in [0.717, 1.165) is 9.55 Å². The Hall–Kier alpha value is -0.580. The van der Waals surface area contributed by atoms with Gasteiger partial charge in [-0.25, -0.2) is 0 Å². The lowest BCUT2D eigenvalue weighted by molar-refractivity contribution is 0.101. The van der Waals surface area contributed by atoms with Crippen molar-refractivity contribution in [2.75, 3.05) is 0 Å². The normalized spacial score (nSPS) is 10.6. The van der Waals surface area contributed by atoms with Gasteiger partial charge in [0.25, 0.3) is 0 Å². The molecule has 15 heavy (non-hydrogen) atoms. The molecule has 0 bridgehead atoms. The summed E-state index contributed by atoms with van der Waals surface area (Å²) in [5, 5.41) is 0.548. The Morgan fingerprint density at radius 2 is 2.27 bits per heavy atom. The van der Waals surface area contributed by atoms with Gasteiger partial charge in [-0.3, -0.25) is 4.79 Å². The molecule has 2 nitrogen and oxygen atoms in total. The summed E-state index contributed by atoms with van der Waals surface area (Å²) in [6.45, 7) is 1.80. The molecule has 0 N–H and O–H groups in total. The maximum atomic E-state index is 11.9. The van der Waals surface area contributed by atoms with E-state index >= 15 is 0 Å². The van der Waals surface area contributed by atoms with E-state index in [1.165, 1.54) is 11.3 Å². The molecule has 0 spiro atoms. The highest BCUT2D eigenvalue weighted by atomic mass is 79.9. The Morgan fingerprint density at radius 3 is 2.73 bits per heavy atom. The molecular weight excluding hydrogens is 300 g/mol. The van der Waals surface area contributed by atoms with Gasteiger partial charge in [0.2, 0.25) is 5.78 Å². The van der Waals surface area contributed by atoms with Crippen LogP contribution in [0.3, 0.4) is 0 Å². The molecule has 0 fully saturated rings. The minimum absolute atomic E-state index is 0.138. The topological polar surface area (TPSA) is 30.2 Å². The van der Waals surface area contributed by atoms with Crippen molar-refractivity contribution in [3.8, 4) is 0 Å². The van der Waals surface area contributed by atoms with Crippen LogP contribution >= 0.6 is 38.9 Å². The molecule has 0 amide bonds. The second-order valence-corrected chi connectivity index (χ2v) is 5.75. The van der Waals surface area contributed by atoms with Gasteiger partial charge in [-0.05, 0) is 41.1 Å². The van der Waals surface area contributed by atoms with E-state index in [1.54, 1.807) is 25.1 Å². The highest BCUT2D eigenvalue weighted by Crippen LogP contribution is 2.33. The summed E-state index contributed by atoms with van der Waals surface area (Å²) in [7, 11) is 0. The number of carbonyl (C=O) groups excluding carboxylic acids is 1. The van der Waals surface area contributed by atoms with Gasteiger partial charge >= 0.3 is 0 Å². The highest BCUT2D eigenvalue weighted by molar-refractivity contribution is 9.11. The molecule has 0 saturated heterocycles. The average Bonchev–Trinajstić information content (AvgIpc) is 2.74. The van der Waals surface area contributed by atoms with Crippen LogP contribution in [0.15, 0.2) is 26.4 Å². The summed E-state index contributed by atoms with van der Waals surface area (Å²) in [5.74, 6) is 0.929. The number of carbonyl (C=O) groups is 1. The van der Waals surface area contributed by atoms with E-state index in [2.05, 4.69) is 15.9 Å². The molecule has 0 unspecified atom stereocenters. The molecule has 0 aliphatic rings. The second kappa shape index (κ2) is 4.12. The minimum Gasteiger partial charge on any atom is -0.458 e. The van der Waals surface area contributed by atoms with Gasteiger partial charge in [0.1, 0.15) is 5.76 Å². The molecule has 0 aliphatic carbocycles. The second-order valence-electron chi connectivity index (χ2n) is 2.97. The van der Waals surface area contributed by atoms with Crippen LogP contribution in [0.2, 0.25) is 5.02 Å². The van der Waals surface area contributed by atoms with Crippen molar-refractivity contribution >= 4 is 44.7 Å². The van der Waals surface area contributed by atoms with Crippen molar-refractivity contribution in [2.24, 2.45) is 0 Å². The average molecular weight is 306 g/mol. The van der Waals surface area contributed by atoms with Crippen LogP contribution < -0.4 is 0 Å². The number of halogens is 2. The van der Waals surface area contributed by atoms with Gasteiger partial charge in [0, 0.05) is 0 Å². The van der Waals surface area contributed by atoms with Crippen molar-refractivity contribution < 1.29 is 9.21 Å². The third kappa shape index (κ3) is 2.17. The number of hydrogen-bond donors (Lipinski definition) is 0. The molecule has 2 rings (SSSR count). The van der Waals surface area contributed by atoms with Crippen LogP contribution in [-0.2, 0) is 0 Å². The predicted molar refractivity (Wildman–Crippen MR) is 63.9 cm³/mol. The third-order valence-electron chi connectivity index (χ3n) is 1.83.